The summed E-state index contributed by atoms with van der Waals surface area (Å²) in [6.45, 7) is 3.30. The molecular formula is C20H21N7O4. The zero-order chi connectivity index (χ0) is 22.4. The first-order valence-corrected chi connectivity index (χ1v) is 9.69. The van der Waals surface area contributed by atoms with E-state index in [1.807, 2.05) is 11.0 Å². The average Bonchev–Trinajstić information content (AvgIpc) is 2.78. The van der Waals surface area contributed by atoms with Gasteiger partial charge in [-0.05, 0) is 37.3 Å². The Bertz CT molecular complexity index is 1040. The second-order valence-electron chi connectivity index (χ2n) is 7.21. The predicted molar refractivity (Wildman–Crippen MR) is 111 cm³/mol. The highest BCUT2D eigenvalue weighted by molar-refractivity contribution is 6.39. The van der Waals surface area contributed by atoms with E-state index in [1.165, 1.54) is 18.3 Å². The second-order valence-corrected chi connectivity index (χ2v) is 7.21. The molecule has 2 aromatic rings. The molecule has 1 saturated heterocycles. The summed E-state index contributed by atoms with van der Waals surface area (Å²) in [5, 5.41) is 25.2. The van der Waals surface area contributed by atoms with Crippen LogP contribution in [-0.2, 0) is 9.59 Å². The smallest absolute Gasteiger partial charge is 0.313 e. The molecule has 2 amide bonds. The number of amides is 2. The maximum Gasteiger partial charge on any atom is 0.313 e. The molecule has 1 aromatic heterocycles. The molecule has 0 unspecified atom stereocenters. The van der Waals surface area contributed by atoms with Crippen LogP contribution in [-0.4, -0.2) is 46.3 Å². The maximum absolute atomic E-state index is 12.2. The molecule has 2 heterocycles. The molecule has 0 bridgehead atoms. The molecule has 0 aliphatic carbocycles. The molecule has 0 radical (unpaired) electrons. The minimum Gasteiger partial charge on any atom is -0.354 e. The number of rotatable bonds is 5. The van der Waals surface area contributed by atoms with Crippen molar-refractivity contribution in [2.75, 3.05) is 29.9 Å². The van der Waals surface area contributed by atoms with Gasteiger partial charge in [-0.15, -0.1) is 0 Å². The monoisotopic (exact) mass is 423 g/mol. The van der Waals surface area contributed by atoms with Crippen LogP contribution < -0.4 is 15.5 Å². The minimum absolute atomic E-state index is 0.0266. The minimum atomic E-state index is -0.956. The van der Waals surface area contributed by atoms with Gasteiger partial charge in [-0.25, -0.2) is 9.97 Å². The van der Waals surface area contributed by atoms with E-state index in [0.29, 0.717) is 31.0 Å². The van der Waals surface area contributed by atoms with Crippen LogP contribution in [0.5, 0.6) is 0 Å². The van der Waals surface area contributed by atoms with E-state index >= 15 is 0 Å². The molecule has 0 saturated carbocycles. The molecular weight excluding hydrogens is 402 g/mol. The normalized spacial score (nSPS) is 13.9. The molecule has 11 nitrogen and oxygen atoms in total. The van der Waals surface area contributed by atoms with Crippen molar-refractivity contribution >= 4 is 29.0 Å². The van der Waals surface area contributed by atoms with Crippen LogP contribution >= 0.6 is 0 Å². The lowest BCUT2D eigenvalue weighted by Gasteiger charge is -2.32. The Kier molecular flexibility index (Phi) is 6.71. The molecule has 3 rings (SSSR count). The topological polar surface area (TPSA) is 154 Å². The lowest BCUT2D eigenvalue weighted by molar-refractivity contribution is -0.384. The van der Waals surface area contributed by atoms with Gasteiger partial charge >= 0.3 is 11.8 Å². The summed E-state index contributed by atoms with van der Waals surface area (Å²) in [6, 6.07) is 6.37. The Morgan fingerprint density at radius 1 is 1.26 bits per heavy atom. The van der Waals surface area contributed by atoms with Crippen LogP contribution in [0.15, 0.2) is 30.6 Å². The lowest BCUT2D eigenvalue weighted by atomic mass is 9.96. The molecule has 0 atom stereocenters. The molecule has 11 heteroatoms. The van der Waals surface area contributed by atoms with Crippen molar-refractivity contribution in [1.82, 2.24) is 15.3 Å². The van der Waals surface area contributed by atoms with Crippen molar-refractivity contribution < 1.29 is 14.5 Å². The van der Waals surface area contributed by atoms with E-state index < -0.39 is 16.7 Å². The Labute approximate surface area is 178 Å². The van der Waals surface area contributed by atoms with Gasteiger partial charge in [0.2, 0.25) is 0 Å². The van der Waals surface area contributed by atoms with Gasteiger partial charge < -0.3 is 15.5 Å². The van der Waals surface area contributed by atoms with Crippen LogP contribution in [0.1, 0.15) is 24.1 Å². The molecule has 1 fully saturated rings. The van der Waals surface area contributed by atoms with Crippen LogP contribution in [0.3, 0.4) is 0 Å². The lowest BCUT2D eigenvalue weighted by Crippen LogP contribution is -2.42. The molecule has 1 aliphatic heterocycles. The molecule has 1 aliphatic rings. The fraction of sp³-hybridized carbons (Fsp3) is 0.350. The number of aryl methyl sites for hydroxylation is 1. The summed E-state index contributed by atoms with van der Waals surface area (Å²) in [6.07, 6.45) is 4.50. The van der Waals surface area contributed by atoms with Crippen molar-refractivity contribution in [3.63, 3.8) is 0 Å². The van der Waals surface area contributed by atoms with Crippen molar-refractivity contribution in [2.45, 2.75) is 19.8 Å². The fourth-order valence-corrected chi connectivity index (χ4v) is 3.38. The zero-order valence-electron chi connectivity index (χ0n) is 16.9. The average molecular weight is 423 g/mol. The first-order chi connectivity index (χ1) is 14.9. The van der Waals surface area contributed by atoms with Crippen LogP contribution in [0, 0.1) is 34.3 Å². The standard InChI is InChI=1S/C20H21N7O4/c1-13-2-3-15(17(10-13)27(30)31)25-20(29)19(28)24-12-14-4-8-26(9-5-14)18-16(11-21)22-6-7-23-18/h2-3,6-7,10,14H,4-5,8-9,12H2,1H3,(H,24,28)(H,25,29). The third-order valence-electron chi connectivity index (χ3n) is 5.05. The number of hydrogen-bond acceptors (Lipinski definition) is 8. The molecule has 160 valence electrons. The van der Waals surface area contributed by atoms with Crippen LogP contribution in [0.4, 0.5) is 17.2 Å². The second kappa shape index (κ2) is 9.62. The summed E-state index contributed by atoms with van der Waals surface area (Å²) in [5.41, 5.74) is 0.649. The van der Waals surface area contributed by atoms with Crippen molar-refractivity contribution in [1.29, 1.82) is 5.26 Å². The SMILES string of the molecule is Cc1ccc(NC(=O)C(=O)NCC2CCN(c3nccnc3C#N)CC2)c([N+](=O)[O-])c1. The van der Waals surface area contributed by atoms with E-state index in [9.17, 15) is 19.7 Å². The van der Waals surface area contributed by atoms with Crippen LogP contribution in [0.25, 0.3) is 0 Å². The van der Waals surface area contributed by atoms with Gasteiger partial charge in [0.15, 0.2) is 11.5 Å². The number of piperidine rings is 1. The number of anilines is 2. The highest BCUT2D eigenvalue weighted by atomic mass is 16.6. The van der Waals surface area contributed by atoms with E-state index in [4.69, 9.17) is 5.26 Å². The number of nitrogens with one attached hydrogen (secondary N) is 2. The maximum atomic E-state index is 12.2. The molecule has 31 heavy (non-hydrogen) atoms. The van der Waals surface area contributed by atoms with Gasteiger partial charge in [0, 0.05) is 38.1 Å². The third kappa shape index (κ3) is 5.30. The van der Waals surface area contributed by atoms with Crippen LogP contribution in [0.2, 0.25) is 0 Å². The van der Waals surface area contributed by atoms with Gasteiger partial charge in [0.25, 0.3) is 5.69 Å². The number of nitro groups is 1. The highest BCUT2D eigenvalue weighted by Gasteiger charge is 2.24. The van der Waals surface area contributed by atoms with E-state index in [2.05, 4.69) is 20.6 Å². The molecule has 1 aromatic carbocycles. The number of aromatic nitrogens is 2. The Balaban J connectivity index is 1.50. The summed E-state index contributed by atoms with van der Waals surface area (Å²) in [5.74, 6) is -1.10. The quantitative estimate of drug-likeness (QED) is 0.417. The number of benzene rings is 1. The van der Waals surface area contributed by atoms with Crippen molar-refractivity contribution in [3.8, 4) is 6.07 Å². The third-order valence-corrected chi connectivity index (χ3v) is 5.05. The number of carbonyl (C=O) groups is 2. The number of hydrogen-bond donors (Lipinski definition) is 2. The first kappa shape index (κ1) is 21.6. The largest absolute Gasteiger partial charge is 0.354 e. The van der Waals surface area contributed by atoms with Gasteiger partial charge in [-0.2, -0.15) is 5.26 Å². The Morgan fingerprint density at radius 2 is 1.97 bits per heavy atom. The van der Waals surface area contributed by atoms with E-state index in [-0.39, 0.29) is 23.0 Å². The van der Waals surface area contributed by atoms with Gasteiger partial charge in [-0.1, -0.05) is 6.07 Å². The fourth-order valence-electron chi connectivity index (χ4n) is 3.38. The summed E-state index contributed by atoms with van der Waals surface area (Å²) < 4.78 is 0. The highest BCUT2D eigenvalue weighted by Crippen LogP contribution is 2.25. The van der Waals surface area contributed by atoms with E-state index in [0.717, 1.165) is 12.8 Å². The number of carbonyl (C=O) groups excluding carboxylic acids is 2. The summed E-state index contributed by atoms with van der Waals surface area (Å²) in [7, 11) is 0. The number of nitro benzene ring substituents is 1. The summed E-state index contributed by atoms with van der Waals surface area (Å²) in [4.78, 5) is 45.1. The van der Waals surface area contributed by atoms with Gasteiger partial charge in [-0.3, -0.25) is 19.7 Å². The predicted octanol–water partition coefficient (Wildman–Crippen LogP) is 1.54. The Morgan fingerprint density at radius 3 is 2.65 bits per heavy atom. The first-order valence-electron chi connectivity index (χ1n) is 9.69. The van der Waals surface area contributed by atoms with Crippen molar-refractivity contribution in [2.24, 2.45) is 5.92 Å². The Hall–Kier alpha value is -4.07. The summed E-state index contributed by atoms with van der Waals surface area (Å²) >= 11 is 0. The number of nitriles is 1. The van der Waals surface area contributed by atoms with Gasteiger partial charge in [0.05, 0.1) is 4.92 Å². The number of nitrogens with zero attached hydrogens (tertiary/aromatic N) is 5. The molecule has 2 N–H and O–H groups in total. The van der Waals surface area contributed by atoms with E-state index in [1.54, 1.807) is 19.2 Å². The van der Waals surface area contributed by atoms with Crippen molar-refractivity contribution in [3.05, 3.63) is 52.0 Å². The molecule has 0 spiro atoms. The van der Waals surface area contributed by atoms with Gasteiger partial charge in [0.1, 0.15) is 11.8 Å². The zero-order valence-corrected chi connectivity index (χ0v) is 16.9.